The smallest absolute Gasteiger partial charge is 0.257 e. The Morgan fingerprint density at radius 1 is 1.21 bits per heavy atom. The number of hydrogen-bond donors (Lipinski definition) is 1. The van der Waals surface area contributed by atoms with Gasteiger partial charge < -0.3 is 5.32 Å². The van der Waals surface area contributed by atoms with Crippen molar-refractivity contribution in [1.29, 1.82) is 0 Å². The van der Waals surface area contributed by atoms with Crippen LogP contribution in [0.3, 0.4) is 0 Å². The van der Waals surface area contributed by atoms with Gasteiger partial charge in [0.2, 0.25) is 0 Å². The molecule has 14 heavy (non-hydrogen) atoms. The molecule has 1 nitrogen and oxygen atoms in total. The van der Waals surface area contributed by atoms with Gasteiger partial charge in [0, 0.05) is 13.0 Å². The predicted octanol–water partition coefficient (Wildman–Crippen LogP) is 3.69. The molecule has 0 saturated carbocycles. The first-order chi connectivity index (χ1) is 6.37. The van der Waals surface area contributed by atoms with Gasteiger partial charge in [-0.3, -0.25) is 0 Å². The maximum absolute atomic E-state index is 12.4. The second-order valence-corrected chi connectivity index (χ2v) is 3.71. The Labute approximate surface area is 87.3 Å². The molecule has 0 rings (SSSR count). The number of rotatable bonds is 5. The van der Waals surface area contributed by atoms with Crippen LogP contribution in [0, 0.1) is 5.92 Å². The van der Waals surface area contributed by atoms with Crippen LogP contribution in [0.1, 0.15) is 48.0 Å². The lowest BCUT2D eigenvalue weighted by atomic mass is 10.0. The lowest BCUT2D eigenvalue weighted by Crippen LogP contribution is -2.40. The van der Waals surface area contributed by atoms with Crippen molar-refractivity contribution in [2.45, 2.75) is 59.9 Å². The Morgan fingerprint density at radius 2 is 1.64 bits per heavy atom. The molecule has 1 unspecified atom stereocenters. The van der Waals surface area contributed by atoms with Gasteiger partial charge in [0.05, 0.1) is 6.54 Å². The van der Waals surface area contributed by atoms with Gasteiger partial charge in [-0.15, -0.1) is 0 Å². The second kappa shape index (κ2) is 8.16. The zero-order valence-electron chi connectivity index (χ0n) is 10.3. The Balaban J connectivity index is 0. The number of nitrogens with one attached hydrogen (secondary N) is 1. The van der Waals surface area contributed by atoms with E-state index in [1.165, 1.54) is 0 Å². The maximum Gasteiger partial charge on any atom is 0.257 e. The van der Waals surface area contributed by atoms with Crippen molar-refractivity contribution >= 4 is 0 Å². The monoisotopic (exact) mass is 209 g/mol. The van der Waals surface area contributed by atoms with Gasteiger partial charge in [-0.2, -0.15) is 0 Å². The summed E-state index contributed by atoms with van der Waals surface area (Å²) >= 11 is 0. The molecule has 0 heterocycles. The molecule has 1 N–H and O–H groups in total. The van der Waals surface area contributed by atoms with E-state index in [0.29, 0.717) is 5.92 Å². The molecule has 0 spiro atoms. The third-order valence-electron chi connectivity index (χ3n) is 1.92. The summed E-state index contributed by atoms with van der Waals surface area (Å²) in [5, 5.41) is 2.86. The molecule has 0 saturated heterocycles. The highest BCUT2D eigenvalue weighted by Crippen LogP contribution is 2.12. The highest BCUT2D eigenvalue weighted by atomic mass is 19.3. The molecule has 88 valence electrons. The van der Waals surface area contributed by atoms with E-state index < -0.39 is 5.92 Å². The Kier molecular flexibility index (Phi) is 9.47. The third-order valence-corrected chi connectivity index (χ3v) is 1.92. The van der Waals surface area contributed by atoms with Crippen molar-refractivity contribution < 1.29 is 8.78 Å². The van der Waals surface area contributed by atoms with Crippen molar-refractivity contribution in [2.24, 2.45) is 5.92 Å². The molecule has 1 atom stereocenters. The minimum absolute atomic E-state index is 0.204. The molecule has 0 fully saturated rings. The van der Waals surface area contributed by atoms with Gasteiger partial charge in [0.15, 0.2) is 0 Å². The average molecular weight is 209 g/mol. The first-order valence-electron chi connectivity index (χ1n) is 5.48. The van der Waals surface area contributed by atoms with Gasteiger partial charge in [-0.25, -0.2) is 8.78 Å². The summed E-state index contributed by atoms with van der Waals surface area (Å²) in [5.74, 6) is -2.18. The molecule has 0 radical (unpaired) electrons. The van der Waals surface area contributed by atoms with Gasteiger partial charge >= 0.3 is 0 Å². The molecule has 0 aromatic heterocycles. The SMILES string of the molecule is CC.CCC(NCC(C)(F)F)C(C)C. The van der Waals surface area contributed by atoms with E-state index in [9.17, 15) is 8.78 Å². The fourth-order valence-electron chi connectivity index (χ4n) is 1.16. The van der Waals surface area contributed by atoms with Gasteiger partial charge in [-0.1, -0.05) is 34.6 Å². The summed E-state index contributed by atoms with van der Waals surface area (Å²) in [6.07, 6.45) is 0.897. The zero-order chi connectivity index (χ0) is 11.8. The Bertz CT molecular complexity index is 119. The van der Waals surface area contributed by atoms with Crippen molar-refractivity contribution in [2.75, 3.05) is 6.54 Å². The molecular formula is C11H25F2N. The van der Waals surface area contributed by atoms with Crippen molar-refractivity contribution in [1.82, 2.24) is 5.32 Å². The van der Waals surface area contributed by atoms with Crippen LogP contribution in [0.2, 0.25) is 0 Å². The number of alkyl halides is 2. The van der Waals surface area contributed by atoms with Crippen LogP contribution in [-0.4, -0.2) is 18.5 Å². The summed E-state index contributed by atoms with van der Waals surface area (Å²) in [6.45, 7) is 10.8. The minimum Gasteiger partial charge on any atom is -0.308 e. The van der Waals surface area contributed by atoms with E-state index in [0.717, 1.165) is 13.3 Å². The summed E-state index contributed by atoms with van der Waals surface area (Å²) in [5.41, 5.74) is 0. The zero-order valence-corrected chi connectivity index (χ0v) is 10.3. The quantitative estimate of drug-likeness (QED) is 0.728. The van der Waals surface area contributed by atoms with Crippen LogP contribution in [0.15, 0.2) is 0 Å². The predicted molar refractivity (Wildman–Crippen MR) is 58.9 cm³/mol. The van der Waals surface area contributed by atoms with Crippen LogP contribution in [0.4, 0.5) is 8.78 Å². The minimum atomic E-state index is -2.59. The Morgan fingerprint density at radius 3 is 1.86 bits per heavy atom. The fourth-order valence-corrected chi connectivity index (χ4v) is 1.16. The first-order valence-corrected chi connectivity index (χ1v) is 5.48. The number of halogens is 2. The molecule has 0 aliphatic carbocycles. The second-order valence-electron chi connectivity index (χ2n) is 3.71. The molecule has 0 aliphatic heterocycles. The van der Waals surface area contributed by atoms with E-state index in [-0.39, 0.29) is 12.6 Å². The standard InChI is InChI=1S/C9H19F2N.C2H6/c1-5-8(7(2)3)12-6-9(4,10)11;1-2/h7-8,12H,5-6H2,1-4H3;1-2H3. The lowest BCUT2D eigenvalue weighted by molar-refractivity contribution is 0.0182. The van der Waals surface area contributed by atoms with Gasteiger partial charge in [0.1, 0.15) is 0 Å². The highest BCUT2D eigenvalue weighted by molar-refractivity contribution is 4.72. The fraction of sp³-hybridized carbons (Fsp3) is 1.00. The molecule has 0 bridgehead atoms. The Hall–Kier alpha value is -0.180. The maximum atomic E-state index is 12.4. The van der Waals surface area contributed by atoms with Gasteiger partial charge in [-0.05, 0) is 12.3 Å². The van der Waals surface area contributed by atoms with Crippen LogP contribution in [-0.2, 0) is 0 Å². The summed E-state index contributed by atoms with van der Waals surface area (Å²) < 4.78 is 24.8. The largest absolute Gasteiger partial charge is 0.308 e. The van der Waals surface area contributed by atoms with E-state index in [4.69, 9.17) is 0 Å². The van der Waals surface area contributed by atoms with Crippen molar-refractivity contribution in [3.05, 3.63) is 0 Å². The third kappa shape index (κ3) is 9.90. The van der Waals surface area contributed by atoms with Gasteiger partial charge in [0.25, 0.3) is 5.92 Å². The highest BCUT2D eigenvalue weighted by Gasteiger charge is 2.22. The summed E-state index contributed by atoms with van der Waals surface area (Å²) in [7, 11) is 0. The van der Waals surface area contributed by atoms with E-state index >= 15 is 0 Å². The van der Waals surface area contributed by atoms with E-state index in [1.807, 2.05) is 34.6 Å². The van der Waals surface area contributed by atoms with E-state index in [2.05, 4.69) is 5.32 Å². The lowest BCUT2D eigenvalue weighted by Gasteiger charge is -2.22. The normalized spacial score (nSPS) is 13.5. The average Bonchev–Trinajstić information content (AvgIpc) is 2.06. The van der Waals surface area contributed by atoms with E-state index in [1.54, 1.807) is 0 Å². The van der Waals surface area contributed by atoms with Crippen LogP contribution >= 0.6 is 0 Å². The van der Waals surface area contributed by atoms with Crippen LogP contribution < -0.4 is 5.32 Å². The molecule has 0 aromatic carbocycles. The molecule has 0 aliphatic rings. The topological polar surface area (TPSA) is 12.0 Å². The molecule has 3 heteroatoms. The van der Waals surface area contributed by atoms with Crippen LogP contribution in [0.25, 0.3) is 0 Å². The number of hydrogen-bond acceptors (Lipinski definition) is 1. The van der Waals surface area contributed by atoms with Crippen molar-refractivity contribution in [3.8, 4) is 0 Å². The summed E-state index contributed by atoms with van der Waals surface area (Å²) in [4.78, 5) is 0. The molecule has 0 aromatic rings. The van der Waals surface area contributed by atoms with Crippen LogP contribution in [0.5, 0.6) is 0 Å². The first kappa shape index (κ1) is 16.3. The summed E-state index contributed by atoms with van der Waals surface area (Å²) in [6, 6.07) is 0.204. The van der Waals surface area contributed by atoms with Crippen molar-refractivity contribution in [3.63, 3.8) is 0 Å². The molecular weight excluding hydrogens is 184 g/mol. The molecule has 0 amide bonds.